The van der Waals surface area contributed by atoms with Gasteiger partial charge < -0.3 is 0 Å². The molecule has 0 heterocycles. The summed E-state index contributed by atoms with van der Waals surface area (Å²) in [4.78, 5) is 0. The number of unbranched alkanes of at least 4 members (excludes halogenated alkanes) is 24. The summed E-state index contributed by atoms with van der Waals surface area (Å²) in [5, 5.41) is 13.6. The van der Waals surface area contributed by atoms with E-state index in [1.807, 2.05) is 0 Å². The summed E-state index contributed by atoms with van der Waals surface area (Å²) in [5.74, 6) is 0. The first-order valence-corrected chi connectivity index (χ1v) is 24.0. The molecule has 6 rings (SSSR count). The Morgan fingerprint density at radius 3 is 0.875 bits per heavy atom. The molecule has 0 N–H and O–H groups in total. The molecular weight excluding hydrogens is 673 g/mol. The highest BCUT2D eigenvalue weighted by Gasteiger charge is 2.09. The highest BCUT2D eigenvalue weighted by atomic mass is 14.1. The van der Waals surface area contributed by atoms with Crippen LogP contribution in [0.3, 0.4) is 0 Å². The summed E-state index contributed by atoms with van der Waals surface area (Å²) >= 11 is 0. The number of fused-ring (bicyclic) bond motifs is 7. The molecule has 6 aromatic carbocycles. The van der Waals surface area contributed by atoms with E-state index in [1.54, 1.807) is 0 Å². The van der Waals surface area contributed by atoms with E-state index in [0.717, 1.165) is 0 Å². The van der Waals surface area contributed by atoms with Crippen molar-refractivity contribution in [2.75, 3.05) is 0 Å². The van der Waals surface area contributed by atoms with E-state index in [2.05, 4.69) is 98.8 Å². The van der Waals surface area contributed by atoms with Crippen LogP contribution in [0.4, 0.5) is 0 Å². The van der Waals surface area contributed by atoms with Crippen LogP contribution >= 0.6 is 0 Å². The van der Waals surface area contributed by atoms with Gasteiger partial charge in [0.1, 0.15) is 0 Å². The molecule has 0 amide bonds. The van der Waals surface area contributed by atoms with Gasteiger partial charge in [-0.15, -0.1) is 0 Å². The molecule has 0 atom stereocenters. The molecular formula is C56H76. The number of rotatable bonds is 28. The van der Waals surface area contributed by atoms with Gasteiger partial charge in [0.15, 0.2) is 0 Å². The molecule has 0 heteroatoms. The van der Waals surface area contributed by atoms with Crippen LogP contribution in [0.2, 0.25) is 0 Å². The Morgan fingerprint density at radius 1 is 0.232 bits per heavy atom. The van der Waals surface area contributed by atoms with E-state index in [4.69, 9.17) is 0 Å². The van der Waals surface area contributed by atoms with E-state index in [-0.39, 0.29) is 0 Å². The van der Waals surface area contributed by atoms with Gasteiger partial charge in [0.2, 0.25) is 0 Å². The van der Waals surface area contributed by atoms with Crippen LogP contribution < -0.4 is 0 Å². The molecule has 0 unspecified atom stereocenters. The summed E-state index contributed by atoms with van der Waals surface area (Å²) in [6.07, 6.45) is 39.1. The quantitative estimate of drug-likeness (QED) is 0.0266. The molecule has 300 valence electrons. The predicted octanol–water partition coefficient (Wildman–Crippen LogP) is 18.7. The van der Waals surface area contributed by atoms with Gasteiger partial charge in [0, 0.05) is 0 Å². The molecule has 0 aliphatic rings. The first-order chi connectivity index (χ1) is 27.7. The standard InChI is InChI=1S/C56H76/c1-3-5-7-9-11-13-15-17-19-21-23-25-27-29-45-31-33-47-43-55-49(41-51(47)39-45)35-37-54-53(55)38-36-50-42-52-40-46(32-34-48(52)44-56(50)54)30-28-26-24-22-20-18-16-14-12-10-8-6-4-2/h31-44H,3-30H2,1-2H3. The smallest absolute Gasteiger partial charge is 0.00987 e. The summed E-state index contributed by atoms with van der Waals surface area (Å²) in [7, 11) is 0. The fourth-order valence-electron chi connectivity index (χ4n) is 9.47. The third kappa shape index (κ3) is 12.8. The summed E-state index contributed by atoms with van der Waals surface area (Å²) in [5.41, 5.74) is 2.98. The third-order valence-electron chi connectivity index (χ3n) is 13.0. The van der Waals surface area contributed by atoms with E-state index in [1.165, 1.54) is 245 Å². The number of benzene rings is 6. The minimum absolute atomic E-state index is 1.20. The second-order valence-corrected chi connectivity index (χ2v) is 17.7. The lowest BCUT2D eigenvalue weighted by Crippen LogP contribution is -1.89. The Labute approximate surface area is 342 Å². The zero-order valence-corrected chi connectivity index (χ0v) is 35.9. The number of aryl methyl sites for hydroxylation is 2. The van der Waals surface area contributed by atoms with Gasteiger partial charge in [-0.05, 0) is 115 Å². The van der Waals surface area contributed by atoms with Crippen LogP contribution in [-0.4, -0.2) is 0 Å². The van der Waals surface area contributed by atoms with Crippen LogP contribution in [0.1, 0.15) is 192 Å². The summed E-state index contributed by atoms with van der Waals surface area (Å²) < 4.78 is 0. The molecule has 0 spiro atoms. The van der Waals surface area contributed by atoms with Crippen molar-refractivity contribution in [2.45, 2.75) is 194 Å². The highest BCUT2D eigenvalue weighted by molar-refractivity contribution is 6.20. The minimum atomic E-state index is 1.20. The first-order valence-electron chi connectivity index (χ1n) is 24.0. The van der Waals surface area contributed by atoms with Crippen LogP contribution in [0.15, 0.2) is 84.9 Å². The van der Waals surface area contributed by atoms with Crippen molar-refractivity contribution in [2.24, 2.45) is 0 Å². The second kappa shape index (κ2) is 23.8. The van der Waals surface area contributed by atoms with Crippen molar-refractivity contribution in [1.82, 2.24) is 0 Å². The zero-order valence-electron chi connectivity index (χ0n) is 35.9. The normalized spacial score (nSPS) is 12.0. The molecule has 0 bridgehead atoms. The maximum atomic E-state index is 2.46. The summed E-state index contributed by atoms with van der Waals surface area (Å²) in [6, 6.07) is 33.6. The molecule has 0 saturated carbocycles. The van der Waals surface area contributed by atoms with Crippen LogP contribution in [-0.2, 0) is 12.8 Å². The molecule has 0 saturated heterocycles. The van der Waals surface area contributed by atoms with Crippen molar-refractivity contribution in [3.8, 4) is 0 Å². The molecule has 6 aromatic rings. The molecule has 0 aliphatic carbocycles. The van der Waals surface area contributed by atoms with Crippen LogP contribution in [0.25, 0.3) is 53.9 Å². The van der Waals surface area contributed by atoms with Crippen molar-refractivity contribution in [1.29, 1.82) is 0 Å². The Hall–Kier alpha value is -3.38. The van der Waals surface area contributed by atoms with Gasteiger partial charge in [-0.1, -0.05) is 229 Å². The van der Waals surface area contributed by atoms with Gasteiger partial charge in [-0.2, -0.15) is 0 Å². The number of hydrogen-bond donors (Lipinski definition) is 0. The van der Waals surface area contributed by atoms with Crippen molar-refractivity contribution >= 4 is 53.9 Å². The average molecular weight is 749 g/mol. The van der Waals surface area contributed by atoms with Gasteiger partial charge in [0.25, 0.3) is 0 Å². The van der Waals surface area contributed by atoms with E-state index < -0.39 is 0 Å². The molecule has 0 radical (unpaired) electrons. The largest absolute Gasteiger partial charge is 0.0654 e. The first kappa shape index (κ1) is 42.2. The molecule has 56 heavy (non-hydrogen) atoms. The number of hydrogen-bond acceptors (Lipinski definition) is 0. The Balaban J connectivity index is 0.973. The van der Waals surface area contributed by atoms with Crippen molar-refractivity contribution < 1.29 is 0 Å². The maximum Gasteiger partial charge on any atom is -0.00987 e. The lowest BCUT2D eigenvalue weighted by Gasteiger charge is -2.12. The molecule has 0 fully saturated rings. The SMILES string of the molecule is CCCCCCCCCCCCCCCc1ccc2cc3c(ccc4c5cc6ccc(CCCCCCCCCCCCCCC)cc6cc5ccc34)cc2c1. The Kier molecular flexibility index (Phi) is 17.9. The Morgan fingerprint density at radius 2 is 0.536 bits per heavy atom. The van der Waals surface area contributed by atoms with Crippen molar-refractivity contribution in [3.63, 3.8) is 0 Å². The highest BCUT2D eigenvalue weighted by Crippen LogP contribution is 2.36. The third-order valence-corrected chi connectivity index (χ3v) is 13.0. The van der Waals surface area contributed by atoms with Gasteiger partial charge >= 0.3 is 0 Å². The molecule has 0 aliphatic heterocycles. The predicted molar refractivity (Wildman–Crippen MR) is 253 cm³/mol. The second-order valence-electron chi connectivity index (χ2n) is 17.7. The van der Waals surface area contributed by atoms with E-state index >= 15 is 0 Å². The lowest BCUT2D eigenvalue weighted by molar-refractivity contribution is 0.539. The molecule has 0 nitrogen and oxygen atoms in total. The van der Waals surface area contributed by atoms with Crippen LogP contribution in [0, 0.1) is 0 Å². The average Bonchev–Trinajstić information content (AvgIpc) is 3.22. The lowest BCUT2D eigenvalue weighted by atomic mass is 9.92. The van der Waals surface area contributed by atoms with E-state index in [0.29, 0.717) is 0 Å². The fraction of sp³-hybridized carbons (Fsp3) is 0.536. The topological polar surface area (TPSA) is 0 Å². The fourth-order valence-corrected chi connectivity index (χ4v) is 9.47. The van der Waals surface area contributed by atoms with Crippen molar-refractivity contribution in [3.05, 3.63) is 96.1 Å². The van der Waals surface area contributed by atoms with Crippen LogP contribution in [0.5, 0.6) is 0 Å². The van der Waals surface area contributed by atoms with Gasteiger partial charge in [-0.25, -0.2) is 0 Å². The van der Waals surface area contributed by atoms with Gasteiger partial charge in [-0.3, -0.25) is 0 Å². The summed E-state index contributed by atoms with van der Waals surface area (Å²) in [6.45, 7) is 4.61. The minimum Gasteiger partial charge on any atom is -0.0654 e. The van der Waals surface area contributed by atoms with E-state index in [9.17, 15) is 0 Å². The zero-order chi connectivity index (χ0) is 38.6. The Bertz CT molecular complexity index is 1900. The van der Waals surface area contributed by atoms with Gasteiger partial charge in [0.05, 0.1) is 0 Å². The monoisotopic (exact) mass is 749 g/mol. The molecule has 0 aromatic heterocycles. The maximum absolute atomic E-state index is 2.46.